The van der Waals surface area contributed by atoms with Crippen LogP contribution in [0.5, 0.6) is 0 Å². The number of benzene rings is 1. The zero-order valence-electron chi connectivity index (χ0n) is 11.8. The summed E-state index contributed by atoms with van der Waals surface area (Å²) in [4.78, 5) is 22.8. The highest BCUT2D eigenvalue weighted by molar-refractivity contribution is 5.83. The molecule has 1 aromatic rings. The summed E-state index contributed by atoms with van der Waals surface area (Å²) in [5.74, 6) is -1.29. The van der Waals surface area contributed by atoms with Crippen LogP contribution in [0.3, 0.4) is 0 Å². The molecule has 1 atom stereocenters. The third-order valence-corrected chi connectivity index (χ3v) is 2.92. The number of carboxylic acid groups (broad SMARTS) is 1. The molecule has 0 heterocycles. The average molecular weight is 279 g/mol. The Morgan fingerprint density at radius 1 is 1.20 bits per heavy atom. The molecule has 6 heteroatoms. The first-order valence-corrected chi connectivity index (χ1v) is 6.50. The van der Waals surface area contributed by atoms with Crippen molar-refractivity contribution in [1.29, 1.82) is 0 Å². The van der Waals surface area contributed by atoms with Gasteiger partial charge in [-0.15, -0.1) is 0 Å². The summed E-state index contributed by atoms with van der Waals surface area (Å²) in [6.45, 7) is 0.523. The van der Waals surface area contributed by atoms with E-state index < -0.39 is 12.0 Å². The molecule has 0 unspecified atom stereocenters. The van der Waals surface area contributed by atoms with Crippen molar-refractivity contribution in [2.24, 2.45) is 0 Å². The highest BCUT2D eigenvalue weighted by Gasteiger charge is 2.19. The van der Waals surface area contributed by atoms with Crippen molar-refractivity contribution >= 4 is 17.6 Å². The fourth-order valence-corrected chi connectivity index (χ4v) is 1.75. The SMILES string of the molecule is CNCCC(=O)N[C@@H](Cc1ccc(NC)cc1)C(=O)O. The molecule has 0 aliphatic heterocycles. The summed E-state index contributed by atoms with van der Waals surface area (Å²) in [6.07, 6.45) is 0.531. The van der Waals surface area contributed by atoms with Crippen molar-refractivity contribution in [3.63, 3.8) is 0 Å². The van der Waals surface area contributed by atoms with Gasteiger partial charge in [-0.1, -0.05) is 12.1 Å². The molecule has 0 radical (unpaired) electrons. The lowest BCUT2D eigenvalue weighted by Gasteiger charge is -2.15. The van der Waals surface area contributed by atoms with Gasteiger partial charge in [-0.25, -0.2) is 4.79 Å². The van der Waals surface area contributed by atoms with Crippen LogP contribution in [-0.2, 0) is 16.0 Å². The van der Waals surface area contributed by atoms with Gasteiger partial charge in [-0.3, -0.25) is 4.79 Å². The Morgan fingerprint density at radius 2 is 1.85 bits per heavy atom. The van der Waals surface area contributed by atoms with Crippen LogP contribution in [0, 0.1) is 0 Å². The topological polar surface area (TPSA) is 90.5 Å². The Morgan fingerprint density at radius 3 is 2.35 bits per heavy atom. The molecule has 4 N–H and O–H groups in total. The highest BCUT2D eigenvalue weighted by Crippen LogP contribution is 2.10. The maximum Gasteiger partial charge on any atom is 0.326 e. The Labute approximate surface area is 118 Å². The zero-order chi connectivity index (χ0) is 15.0. The molecule has 1 amide bonds. The van der Waals surface area contributed by atoms with Crippen molar-refractivity contribution in [3.05, 3.63) is 29.8 Å². The number of carbonyl (C=O) groups is 2. The number of aliphatic carboxylic acids is 1. The number of nitrogens with one attached hydrogen (secondary N) is 3. The minimum absolute atomic E-state index is 0.263. The number of anilines is 1. The summed E-state index contributed by atoms with van der Waals surface area (Å²) < 4.78 is 0. The summed E-state index contributed by atoms with van der Waals surface area (Å²) in [5, 5.41) is 17.5. The third-order valence-electron chi connectivity index (χ3n) is 2.92. The largest absolute Gasteiger partial charge is 0.480 e. The van der Waals surface area contributed by atoms with Crippen LogP contribution in [-0.4, -0.2) is 43.7 Å². The van der Waals surface area contributed by atoms with Crippen molar-refractivity contribution < 1.29 is 14.7 Å². The van der Waals surface area contributed by atoms with Gasteiger partial charge in [0.15, 0.2) is 0 Å². The highest BCUT2D eigenvalue weighted by atomic mass is 16.4. The van der Waals surface area contributed by atoms with E-state index in [2.05, 4.69) is 16.0 Å². The molecule has 0 saturated carbocycles. The van der Waals surface area contributed by atoms with Crippen molar-refractivity contribution in [1.82, 2.24) is 10.6 Å². The summed E-state index contributed by atoms with van der Waals surface area (Å²) in [6, 6.07) is 6.54. The second-order valence-electron chi connectivity index (χ2n) is 4.46. The van der Waals surface area contributed by atoms with Gasteiger partial charge in [0, 0.05) is 32.1 Å². The lowest BCUT2D eigenvalue weighted by atomic mass is 10.1. The van der Waals surface area contributed by atoms with Gasteiger partial charge in [-0.2, -0.15) is 0 Å². The molecule has 0 bridgehead atoms. The molecular formula is C14H21N3O3. The maximum absolute atomic E-state index is 11.6. The van der Waals surface area contributed by atoms with E-state index >= 15 is 0 Å². The zero-order valence-corrected chi connectivity index (χ0v) is 11.8. The van der Waals surface area contributed by atoms with E-state index in [0.717, 1.165) is 11.3 Å². The molecule has 0 aromatic heterocycles. The molecule has 0 aliphatic rings. The molecule has 20 heavy (non-hydrogen) atoms. The van der Waals surface area contributed by atoms with Crippen LogP contribution in [0.4, 0.5) is 5.69 Å². The normalized spacial score (nSPS) is 11.7. The number of hydrogen-bond donors (Lipinski definition) is 4. The van der Waals surface area contributed by atoms with Gasteiger partial charge in [0.1, 0.15) is 6.04 Å². The second kappa shape index (κ2) is 8.16. The molecular weight excluding hydrogens is 258 g/mol. The Balaban J connectivity index is 2.62. The van der Waals surface area contributed by atoms with Crippen molar-refractivity contribution in [2.75, 3.05) is 26.0 Å². The van der Waals surface area contributed by atoms with Crippen LogP contribution in [0.1, 0.15) is 12.0 Å². The third kappa shape index (κ3) is 5.27. The molecule has 110 valence electrons. The molecule has 0 spiro atoms. The fraction of sp³-hybridized carbons (Fsp3) is 0.429. The summed E-state index contributed by atoms with van der Waals surface area (Å²) >= 11 is 0. The lowest BCUT2D eigenvalue weighted by molar-refractivity contribution is -0.141. The van der Waals surface area contributed by atoms with E-state index in [4.69, 9.17) is 5.11 Å². The molecule has 1 rings (SSSR count). The monoisotopic (exact) mass is 279 g/mol. The van der Waals surface area contributed by atoms with Crippen molar-refractivity contribution in [3.8, 4) is 0 Å². The predicted molar refractivity (Wildman–Crippen MR) is 77.8 cm³/mol. The minimum atomic E-state index is -1.03. The van der Waals surface area contributed by atoms with Gasteiger partial charge >= 0.3 is 5.97 Å². The molecule has 0 fully saturated rings. The van der Waals surface area contributed by atoms with Gasteiger partial charge in [-0.05, 0) is 24.7 Å². The predicted octanol–water partition coefficient (Wildman–Crippen LogP) is 0.450. The first-order valence-electron chi connectivity index (χ1n) is 6.50. The lowest BCUT2D eigenvalue weighted by Crippen LogP contribution is -2.43. The van der Waals surface area contributed by atoms with E-state index in [1.807, 2.05) is 31.3 Å². The van der Waals surface area contributed by atoms with Crippen molar-refractivity contribution in [2.45, 2.75) is 18.9 Å². The molecule has 0 saturated heterocycles. The Bertz CT molecular complexity index is 445. The first-order chi connectivity index (χ1) is 9.56. The van der Waals surface area contributed by atoms with E-state index in [-0.39, 0.29) is 18.7 Å². The Hall–Kier alpha value is -2.08. The molecule has 6 nitrogen and oxygen atoms in total. The van der Waals surface area contributed by atoms with E-state index in [1.54, 1.807) is 7.05 Å². The Kier molecular flexibility index (Phi) is 6.52. The molecule has 0 aliphatic carbocycles. The van der Waals surface area contributed by atoms with Gasteiger partial charge in [0.05, 0.1) is 0 Å². The minimum Gasteiger partial charge on any atom is -0.480 e. The van der Waals surface area contributed by atoms with Gasteiger partial charge in [0.25, 0.3) is 0 Å². The van der Waals surface area contributed by atoms with Crippen LogP contribution >= 0.6 is 0 Å². The fourth-order valence-electron chi connectivity index (χ4n) is 1.75. The van der Waals surface area contributed by atoms with Gasteiger partial charge < -0.3 is 21.1 Å². The van der Waals surface area contributed by atoms with Crippen LogP contribution in [0.15, 0.2) is 24.3 Å². The number of carbonyl (C=O) groups excluding carboxylic acids is 1. The van der Waals surface area contributed by atoms with E-state index in [9.17, 15) is 9.59 Å². The summed E-state index contributed by atoms with van der Waals surface area (Å²) in [5.41, 5.74) is 1.82. The second-order valence-corrected chi connectivity index (χ2v) is 4.46. The first kappa shape index (κ1) is 16.0. The number of carboxylic acids is 1. The standard InChI is InChI=1S/C14H21N3O3/c1-15-8-7-13(18)17-12(14(19)20)9-10-3-5-11(16-2)6-4-10/h3-6,12,15-16H,7-9H2,1-2H3,(H,17,18)(H,19,20)/t12-/m0/s1. The smallest absolute Gasteiger partial charge is 0.326 e. The van der Waals surface area contributed by atoms with E-state index in [0.29, 0.717) is 6.54 Å². The van der Waals surface area contributed by atoms with Crippen LogP contribution in [0.2, 0.25) is 0 Å². The number of hydrogen-bond acceptors (Lipinski definition) is 4. The molecule has 1 aromatic carbocycles. The van der Waals surface area contributed by atoms with E-state index in [1.165, 1.54) is 0 Å². The number of rotatable bonds is 8. The number of amides is 1. The van der Waals surface area contributed by atoms with Crippen LogP contribution in [0.25, 0.3) is 0 Å². The quantitative estimate of drug-likeness (QED) is 0.555. The van der Waals surface area contributed by atoms with Crippen LogP contribution < -0.4 is 16.0 Å². The maximum atomic E-state index is 11.6. The average Bonchev–Trinajstić information content (AvgIpc) is 2.45. The summed E-state index contributed by atoms with van der Waals surface area (Å²) in [7, 11) is 3.56. The van der Waals surface area contributed by atoms with Gasteiger partial charge in [0.2, 0.25) is 5.91 Å².